The average Bonchev–Trinajstić information content (AvgIpc) is 2.86. The quantitative estimate of drug-likeness (QED) is 0.110. The Morgan fingerprint density at radius 3 is 2.54 bits per heavy atom. The normalized spacial score (nSPS) is 13.1. The fourth-order valence-electron chi connectivity index (χ4n) is 4.34. The number of aromatic hydroxyl groups is 2. The molecule has 0 radical (unpaired) electrons. The van der Waals surface area contributed by atoms with Crippen molar-refractivity contribution in [3.8, 4) is 22.6 Å². The molecule has 0 fully saturated rings. The zero-order valence-electron chi connectivity index (χ0n) is 18.9. The van der Waals surface area contributed by atoms with E-state index in [2.05, 4.69) is 4.72 Å². The lowest BCUT2D eigenvalue weighted by molar-refractivity contribution is 0.471. The second-order valence-corrected chi connectivity index (χ2v) is 12.1. The van der Waals surface area contributed by atoms with Crippen LogP contribution in [0.1, 0.15) is 23.1 Å². The molecule has 8 heteroatoms. The van der Waals surface area contributed by atoms with Crippen LogP contribution in [-0.4, -0.2) is 18.6 Å². The van der Waals surface area contributed by atoms with E-state index in [1.807, 2.05) is 31.2 Å². The van der Waals surface area contributed by atoms with Crippen LogP contribution in [0.4, 0.5) is 11.4 Å². The van der Waals surface area contributed by atoms with Crippen molar-refractivity contribution < 1.29 is 18.6 Å². The number of phenols is 2. The maximum absolute atomic E-state index is 13.0. The van der Waals surface area contributed by atoms with E-state index in [0.717, 1.165) is 29.5 Å². The average molecular weight is 505 g/mol. The highest BCUT2D eigenvalue weighted by molar-refractivity contribution is 8.72. The van der Waals surface area contributed by atoms with Gasteiger partial charge in [-0.3, -0.25) is 0 Å². The van der Waals surface area contributed by atoms with Crippen molar-refractivity contribution in [2.24, 2.45) is 0 Å². The minimum absolute atomic E-state index is 0.0213. The number of anilines is 2. The summed E-state index contributed by atoms with van der Waals surface area (Å²) in [6, 6.07) is 17.0. The molecule has 0 amide bonds. The molecule has 0 aliphatic heterocycles. The van der Waals surface area contributed by atoms with Crippen molar-refractivity contribution in [2.45, 2.75) is 24.7 Å². The Balaban J connectivity index is 1.62. The van der Waals surface area contributed by atoms with Crippen molar-refractivity contribution in [1.29, 1.82) is 0 Å². The Labute approximate surface area is 207 Å². The number of phenolic OH excluding ortho intramolecular Hbond substituents is 2. The minimum Gasteiger partial charge on any atom is -0.507 e. The van der Waals surface area contributed by atoms with Crippen molar-refractivity contribution in [3.63, 3.8) is 0 Å². The summed E-state index contributed by atoms with van der Waals surface area (Å²) in [6.07, 6.45) is 5.74. The summed E-state index contributed by atoms with van der Waals surface area (Å²) in [5.41, 5.74) is 10.5. The third-order valence-corrected chi connectivity index (χ3v) is 9.10. The van der Waals surface area contributed by atoms with Gasteiger partial charge in [0.05, 0.1) is 21.6 Å². The van der Waals surface area contributed by atoms with Crippen LogP contribution in [0.15, 0.2) is 71.6 Å². The largest absolute Gasteiger partial charge is 0.507 e. The van der Waals surface area contributed by atoms with E-state index in [1.54, 1.807) is 36.4 Å². The van der Waals surface area contributed by atoms with Gasteiger partial charge in [0, 0.05) is 27.6 Å². The first-order valence-corrected chi connectivity index (χ1v) is 13.9. The topological polar surface area (TPSA) is 113 Å². The monoisotopic (exact) mass is 504 g/mol. The van der Waals surface area contributed by atoms with Crippen LogP contribution in [0.3, 0.4) is 0 Å². The molecule has 5 N–H and O–H groups in total. The Morgan fingerprint density at radius 1 is 1.00 bits per heavy atom. The summed E-state index contributed by atoms with van der Waals surface area (Å²) < 4.78 is 29.0. The van der Waals surface area contributed by atoms with Crippen molar-refractivity contribution in [1.82, 2.24) is 0 Å². The number of benzene rings is 4. The minimum atomic E-state index is -3.77. The van der Waals surface area contributed by atoms with Crippen molar-refractivity contribution in [3.05, 3.63) is 83.4 Å². The Bertz CT molecular complexity index is 1610. The zero-order valence-corrected chi connectivity index (χ0v) is 20.6. The van der Waals surface area contributed by atoms with Gasteiger partial charge >= 0.3 is 0 Å². The first kappa shape index (κ1) is 23.1. The van der Waals surface area contributed by atoms with Gasteiger partial charge in [-0.05, 0) is 60.7 Å². The van der Waals surface area contributed by atoms with E-state index in [-0.39, 0.29) is 16.4 Å². The summed E-state index contributed by atoms with van der Waals surface area (Å²) >= 11 is 0. The van der Waals surface area contributed by atoms with E-state index in [4.69, 9.17) is 5.73 Å². The second-order valence-electron chi connectivity index (χ2n) is 8.50. The van der Waals surface area contributed by atoms with E-state index in [0.29, 0.717) is 44.3 Å². The molecule has 0 aromatic heterocycles. The first-order valence-electron chi connectivity index (χ1n) is 11.1. The molecule has 35 heavy (non-hydrogen) atoms. The lowest BCUT2D eigenvalue weighted by atomic mass is 9.88. The number of nitrogen functional groups attached to an aromatic ring is 1. The van der Waals surface area contributed by atoms with Gasteiger partial charge in [-0.25, -0.2) is 8.42 Å². The van der Waals surface area contributed by atoms with Gasteiger partial charge in [0.2, 0.25) is 8.87 Å². The van der Waals surface area contributed by atoms with E-state index in [1.165, 1.54) is 12.1 Å². The van der Waals surface area contributed by atoms with Crippen LogP contribution >= 0.6 is 11.0 Å². The molecule has 1 aliphatic carbocycles. The highest BCUT2D eigenvalue weighted by Crippen LogP contribution is 2.47. The Kier molecular flexibility index (Phi) is 5.86. The molecule has 0 saturated carbocycles. The van der Waals surface area contributed by atoms with E-state index < -0.39 is 8.87 Å². The molecule has 0 unspecified atom stereocenters. The fraction of sp³-hybridized carbons (Fsp3) is 0.111. The number of nitrogens with one attached hydrogen (secondary N) is 1. The van der Waals surface area contributed by atoms with Gasteiger partial charge in [-0.15, -0.1) is 0 Å². The molecular formula is C27H24N2O4S2. The number of aryl methyl sites for hydroxylation is 2. The predicted molar refractivity (Wildman–Crippen MR) is 144 cm³/mol. The third kappa shape index (κ3) is 4.19. The van der Waals surface area contributed by atoms with Gasteiger partial charge in [0.15, 0.2) is 0 Å². The van der Waals surface area contributed by atoms with Crippen LogP contribution in [0.2, 0.25) is 0 Å². The van der Waals surface area contributed by atoms with Gasteiger partial charge in [-0.1, -0.05) is 48.6 Å². The molecule has 0 spiro atoms. The van der Waals surface area contributed by atoms with Crippen LogP contribution < -0.4 is 10.5 Å². The molecule has 6 nitrogen and oxygen atoms in total. The van der Waals surface area contributed by atoms with Gasteiger partial charge in [0.25, 0.3) is 0 Å². The number of hydrogen-bond donors (Lipinski definition) is 4. The van der Waals surface area contributed by atoms with Gasteiger partial charge < -0.3 is 20.7 Å². The molecule has 0 heterocycles. The Morgan fingerprint density at radius 2 is 1.77 bits per heavy atom. The molecule has 4 aromatic rings. The van der Waals surface area contributed by atoms with Gasteiger partial charge in [0.1, 0.15) is 11.5 Å². The smallest absolute Gasteiger partial charge is 0.249 e. The number of rotatable bonds is 5. The van der Waals surface area contributed by atoms with Crippen LogP contribution in [-0.2, 0) is 15.3 Å². The molecule has 0 saturated heterocycles. The predicted octanol–water partition coefficient (Wildman–Crippen LogP) is 6.22. The van der Waals surface area contributed by atoms with Crippen LogP contribution in [0, 0.1) is 6.92 Å². The SMILES string of the molecule is Cc1ccc(S(=O)(=O)SNc2cc(-c3c(O)ccc4c3C=CCC4)c(O)c3ccccc23)cc1N. The number of hydrogen-bond acceptors (Lipinski definition) is 7. The number of allylic oxidation sites excluding steroid dienone is 1. The lowest BCUT2D eigenvalue weighted by Gasteiger charge is -2.20. The van der Waals surface area contributed by atoms with Crippen LogP contribution in [0.25, 0.3) is 28.0 Å². The molecule has 0 bridgehead atoms. The molecule has 178 valence electrons. The Hall–Kier alpha value is -3.62. The van der Waals surface area contributed by atoms with Gasteiger partial charge in [-0.2, -0.15) is 0 Å². The number of fused-ring (bicyclic) bond motifs is 2. The third-order valence-electron chi connectivity index (χ3n) is 6.26. The maximum Gasteiger partial charge on any atom is 0.249 e. The highest BCUT2D eigenvalue weighted by atomic mass is 33.1. The summed E-state index contributed by atoms with van der Waals surface area (Å²) in [5.74, 6) is 0.0650. The summed E-state index contributed by atoms with van der Waals surface area (Å²) in [4.78, 5) is 0.0984. The summed E-state index contributed by atoms with van der Waals surface area (Å²) in [6.45, 7) is 1.81. The standard InChI is InChI=1S/C27H24N2O4S2/c1-16-10-12-18(14-23(16)28)35(32,33)34-29-24-15-22(27(31)21-9-5-4-8-20(21)24)26-19-7-3-2-6-17(19)11-13-25(26)30/h3-5,7-15,29-31H,2,6,28H2,1H3. The first-order chi connectivity index (χ1) is 16.8. The van der Waals surface area contributed by atoms with Crippen molar-refractivity contribution >= 4 is 48.1 Å². The van der Waals surface area contributed by atoms with E-state index >= 15 is 0 Å². The van der Waals surface area contributed by atoms with Crippen molar-refractivity contribution in [2.75, 3.05) is 10.5 Å². The lowest BCUT2D eigenvalue weighted by Crippen LogP contribution is -2.02. The summed E-state index contributed by atoms with van der Waals surface area (Å²) in [5, 5.41) is 23.2. The molecule has 5 rings (SSSR count). The molecule has 0 atom stereocenters. The molecular weight excluding hydrogens is 480 g/mol. The second kappa shape index (κ2) is 8.87. The zero-order chi connectivity index (χ0) is 24.7. The molecule has 4 aromatic carbocycles. The molecule has 1 aliphatic rings. The highest BCUT2D eigenvalue weighted by Gasteiger charge is 2.22. The van der Waals surface area contributed by atoms with Crippen LogP contribution in [0.5, 0.6) is 11.5 Å². The number of nitrogens with two attached hydrogens (primary N) is 1. The van der Waals surface area contributed by atoms with E-state index in [9.17, 15) is 18.6 Å². The fourth-order valence-corrected chi connectivity index (χ4v) is 6.51. The summed E-state index contributed by atoms with van der Waals surface area (Å²) in [7, 11) is -3.21. The maximum atomic E-state index is 13.0.